The Labute approximate surface area is 166 Å². The Morgan fingerprint density at radius 1 is 1.14 bits per heavy atom. The minimum absolute atomic E-state index is 0.0531. The van der Waals surface area contributed by atoms with Gasteiger partial charge in [-0.3, -0.25) is 14.5 Å². The minimum Gasteiger partial charge on any atom is -0.346 e. The van der Waals surface area contributed by atoms with Crippen molar-refractivity contribution in [3.8, 4) is 0 Å². The third-order valence-electron chi connectivity index (χ3n) is 4.75. The number of thiophene rings is 1. The summed E-state index contributed by atoms with van der Waals surface area (Å²) in [7, 11) is 2.06. The molecule has 1 aromatic heterocycles. The molecule has 2 amide bonds. The van der Waals surface area contributed by atoms with Crippen LogP contribution in [0.5, 0.6) is 0 Å². The molecule has 2 heterocycles. The molecule has 2 aromatic rings. The van der Waals surface area contributed by atoms with Crippen molar-refractivity contribution in [2.24, 2.45) is 0 Å². The molecular weight excluding hydrogens is 386 g/mol. The van der Waals surface area contributed by atoms with E-state index in [1.807, 2.05) is 16.8 Å². The highest BCUT2D eigenvalue weighted by atomic mass is 32.1. The first kappa shape index (κ1) is 20.4. The maximum Gasteiger partial charge on any atom is 0.313 e. The molecule has 9 heteroatoms. The predicted octanol–water partition coefficient (Wildman–Crippen LogP) is 2.07. The number of likely N-dealkylation sites (N-methyl/N-ethyl adjacent to an activating group) is 1. The molecule has 3 rings (SSSR count). The third-order valence-corrected chi connectivity index (χ3v) is 5.45. The van der Waals surface area contributed by atoms with E-state index in [0.717, 1.165) is 49.9 Å². The number of carbonyl (C=O) groups is 2. The average molecular weight is 408 g/mol. The van der Waals surface area contributed by atoms with E-state index in [4.69, 9.17) is 0 Å². The van der Waals surface area contributed by atoms with Gasteiger partial charge in [0.2, 0.25) is 0 Å². The van der Waals surface area contributed by atoms with Crippen molar-refractivity contribution in [1.82, 2.24) is 15.1 Å². The molecule has 1 aliphatic rings. The molecular formula is C19H22F2N4O2S. The Balaban J connectivity index is 1.61. The number of amides is 2. The fourth-order valence-corrected chi connectivity index (χ4v) is 3.81. The zero-order chi connectivity index (χ0) is 20.1. The van der Waals surface area contributed by atoms with Gasteiger partial charge in [0.05, 0.1) is 11.7 Å². The van der Waals surface area contributed by atoms with Crippen LogP contribution in [-0.2, 0) is 9.59 Å². The lowest BCUT2D eigenvalue weighted by molar-refractivity contribution is -0.136. The SMILES string of the molecule is CN1CCN([C@H](CNC(=O)C(=O)Nc2cc(F)ccc2F)c2ccsc2)CC1. The van der Waals surface area contributed by atoms with Crippen molar-refractivity contribution in [3.05, 3.63) is 52.2 Å². The lowest BCUT2D eigenvalue weighted by atomic mass is 10.1. The fourth-order valence-electron chi connectivity index (χ4n) is 3.10. The molecule has 1 fully saturated rings. The topological polar surface area (TPSA) is 64.7 Å². The average Bonchev–Trinajstić information content (AvgIpc) is 3.20. The van der Waals surface area contributed by atoms with Gasteiger partial charge in [-0.1, -0.05) is 0 Å². The van der Waals surface area contributed by atoms with E-state index in [0.29, 0.717) is 0 Å². The molecule has 1 aliphatic heterocycles. The van der Waals surface area contributed by atoms with Crippen LogP contribution < -0.4 is 10.6 Å². The Morgan fingerprint density at radius 3 is 2.57 bits per heavy atom. The molecule has 1 atom stereocenters. The van der Waals surface area contributed by atoms with Crippen LogP contribution in [0.1, 0.15) is 11.6 Å². The van der Waals surface area contributed by atoms with E-state index in [9.17, 15) is 18.4 Å². The van der Waals surface area contributed by atoms with Crippen LogP contribution in [0.15, 0.2) is 35.0 Å². The second-order valence-electron chi connectivity index (χ2n) is 6.70. The summed E-state index contributed by atoms with van der Waals surface area (Å²) < 4.78 is 26.9. The van der Waals surface area contributed by atoms with Gasteiger partial charge in [-0.05, 0) is 41.6 Å². The summed E-state index contributed by atoms with van der Waals surface area (Å²) in [5.74, 6) is -3.44. The monoisotopic (exact) mass is 408 g/mol. The summed E-state index contributed by atoms with van der Waals surface area (Å²) in [4.78, 5) is 28.8. The summed E-state index contributed by atoms with van der Waals surface area (Å²) in [6.07, 6.45) is 0. The van der Waals surface area contributed by atoms with Gasteiger partial charge in [-0.15, -0.1) is 0 Å². The maximum atomic E-state index is 13.6. The van der Waals surface area contributed by atoms with Gasteiger partial charge in [0.15, 0.2) is 0 Å². The van der Waals surface area contributed by atoms with Crippen LogP contribution in [0.2, 0.25) is 0 Å². The number of hydrogen-bond acceptors (Lipinski definition) is 5. The lowest BCUT2D eigenvalue weighted by Gasteiger charge is -2.37. The van der Waals surface area contributed by atoms with Crippen LogP contribution >= 0.6 is 11.3 Å². The number of halogens is 2. The van der Waals surface area contributed by atoms with E-state index >= 15 is 0 Å². The molecule has 1 aromatic carbocycles. The fraction of sp³-hybridized carbons (Fsp3) is 0.368. The third kappa shape index (κ3) is 5.12. The van der Waals surface area contributed by atoms with E-state index in [1.165, 1.54) is 0 Å². The zero-order valence-corrected chi connectivity index (χ0v) is 16.3. The van der Waals surface area contributed by atoms with Crippen LogP contribution in [0.25, 0.3) is 0 Å². The number of hydrogen-bond donors (Lipinski definition) is 2. The minimum atomic E-state index is -1.04. The molecule has 0 spiro atoms. The summed E-state index contributed by atoms with van der Waals surface area (Å²) in [5.41, 5.74) is 0.708. The van der Waals surface area contributed by atoms with Gasteiger partial charge >= 0.3 is 11.8 Å². The number of rotatable bonds is 5. The van der Waals surface area contributed by atoms with Crippen molar-refractivity contribution in [1.29, 1.82) is 0 Å². The first-order valence-electron chi connectivity index (χ1n) is 8.93. The van der Waals surface area contributed by atoms with Gasteiger partial charge in [0.1, 0.15) is 11.6 Å². The van der Waals surface area contributed by atoms with Gasteiger partial charge in [-0.25, -0.2) is 8.78 Å². The van der Waals surface area contributed by atoms with Crippen molar-refractivity contribution in [2.45, 2.75) is 6.04 Å². The van der Waals surface area contributed by atoms with Crippen LogP contribution in [0.3, 0.4) is 0 Å². The maximum absolute atomic E-state index is 13.6. The number of anilines is 1. The largest absolute Gasteiger partial charge is 0.346 e. The normalized spacial score (nSPS) is 16.5. The predicted molar refractivity (Wildman–Crippen MR) is 104 cm³/mol. The van der Waals surface area contributed by atoms with Crippen molar-refractivity contribution < 1.29 is 18.4 Å². The van der Waals surface area contributed by atoms with E-state index in [-0.39, 0.29) is 18.3 Å². The molecule has 0 bridgehead atoms. The summed E-state index contributed by atoms with van der Waals surface area (Å²) in [6.45, 7) is 3.81. The van der Waals surface area contributed by atoms with Crippen molar-refractivity contribution in [3.63, 3.8) is 0 Å². The van der Waals surface area contributed by atoms with Gasteiger partial charge in [0, 0.05) is 38.8 Å². The first-order valence-corrected chi connectivity index (χ1v) is 9.87. The highest BCUT2D eigenvalue weighted by Crippen LogP contribution is 2.23. The highest BCUT2D eigenvalue weighted by molar-refractivity contribution is 7.08. The quantitative estimate of drug-likeness (QED) is 0.744. The van der Waals surface area contributed by atoms with E-state index < -0.39 is 23.4 Å². The lowest BCUT2D eigenvalue weighted by Crippen LogP contribution is -2.49. The highest BCUT2D eigenvalue weighted by Gasteiger charge is 2.26. The Bertz CT molecular complexity index is 823. The van der Waals surface area contributed by atoms with Crippen LogP contribution in [-0.4, -0.2) is 61.4 Å². The first-order chi connectivity index (χ1) is 13.4. The molecule has 0 saturated carbocycles. The number of piperazine rings is 1. The summed E-state index contributed by atoms with van der Waals surface area (Å²) >= 11 is 1.57. The number of nitrogens with one attached hydrogen (secondary N) is 2. The number of benzene rings is 1. The Morgan fingerprint density at radius 2 is 1.89 bits per heavy atom. The van der Waals surface area contributed by atoms with E-state index in [2.05, 4.69) is 27.5 Å². The van der Waals surface area contributed by atoms with Gasteiger partial charge < -0.3 is 15.5 Å². The van der Waals surface area contributed by atoms with Gasteiger partial charge in [0.25, 0.3) is 0 Å². The molecule has 6 nitrogen and oxygen atoms in total. The summed E-state index contributed by atoms with van der Waals surface area (Å²) in [6, 6.07) is 4.61. The van der Waals surface area contributed by atoms with Crippen molar-refractivity contribution in [2.75, 3.05) is 45.1 Å². The number of nitrogens with zero attached hydrogens (tertiary/aromatic N) is 2. The molecule has 1 saturated heterocycles. The summed E-state index contributed by atoms with van der Waals surface area (Å²) in [5, 5.41) is 8.72. The zero-order valence-electron chi connectivity index (χ0n) is 15.5. The van der Waals surface area contributed by atoms with Crippen molar-refractivity contribution >= 4 is 28.8 Å². The smallest absolute Gasteiger partial charge is 0.313 e. The molecule has 0 radical (unpaired) electrons. The van der Waals surface area contributed by atoms with E-state index in [1.54, 1.807) is 11.3 Å². The van der Waals surface area contributed by atoms with Crippen LogP contribution in [0.4, 0.5) is 14.5 Å². The second kappa shape index (κ2) is 9.22. The molecule has 0 aliphatic carbocycles. The van der Waals surface area contributed by atoms with Crippen LogP contribution in [0, 0.1) is 11.6 Å². The molecule has 28 heavy (non-hydrogen) atoms. The second-order valence-corrected chi connectivity index (χ2v) is 7.48. The molecule has 0 unspecified atom stereocenters. The Kier molecular flexibility index (Phi) is 6.71. The standard InChI is InChI=1S/C19H22F2N4O2S/c1-24-5-7-25(8-6-24)17(13-4-9-28-12-13)11-22-18(26)19(27)23-16-10-14(20)2-3-15(16)21/h2-4,9-10,12,17H,5-8,11H2,1H3,(H,22,26)(H,23,27)/t17-/m1/s1. The molecule has 2 N–H and O–H groups in total. The molecule has 150 valence electrons. The van der Waals surface area contributed by atoms with Gasteiger partial charge in [-0.2, -0.15) is 11.3 Å². The Hall–Kier alpha value is -2.36. The number of carbonyl (C=O) groups excluding carboxylic acids is 2.